The van der Waals surface area contributed by atoms with Gasteiger partial charge in [-0.05, 0) is 11.1 Å². The van der Waals surface area contributed by atoms with Gasteiger partial charge in [-0.2, -0.15) is 0 Å². The maximum absolute atomic E-state index is 2.67. The van der Waals surface area contributed by atoms with Crippen LogP contribution in [0.5, 0.6) is 0 Å². The maximum atomic E-state index is 2.67. The molecular formula is C18H20N2S. The molecule has 2 atom stereocenters. The third-order valence-corrected chi connectivity index (χ3v) is 5.82. The van der Waals surface area contributed by atoms with Gasteiger partial charge in [0.15, 0.2) is 0 Å². The Balaban J connectivity index is 1.46. The van der Waals surface area contributed by atoms with E-state index in [1.54, 1.807) is 0 Å². The molecule has 3 heteroatoms. The monoisotopic (exact) mass is 296 g/mol. The second-order valence-corrected chi connectivity index (χ2v) is 7.02. The molecule has 108 valence electrons. The first-order chi connectivity index (χ1) is 10.4. The van der Waals surface area contributed by atoms with Gasteiger partial charge in [0.25, 0.3) is 0 Å². The molecule has 0 bridgehead atoms. The van der Waals surface area contributed by atoms with Crippen LogP contribution in [0.3, 0.4) is 0 Å². The Hall–Kier alpha value is -1.29. The van der Waals surface area contributed by atoms with E-state index in [1.165, 1.54) is 23.4 Å². The highest BCUT2D eigenvalue weighted by Crippen LogP contribution is 2.43. The van der Waals surface area contributed by atoms with Crippen molar-refractivity contribution in [3.05, 3.63) is 71.8 Å². The predicted molar refractivity (Wildman–Crippen MR) is 89.0 cm³/mol. The summed E-state index contributed by atoms with van der Waals surface area (Å²) in [6.45, 7) is 3.36. The minimum Gasteiger partial charge on any atom is -0.285 e. The van der Waals surface area contributed by atoms with Gasteiger partial charge < -0.3 is 0 Å². The standard InChI is InChI=1S/C18H20N2S/c1-3-7-15(8-4-1)11-19-12-17-13-21-18(20(17)14-19)16-9-5-2-6-10-16/h1-10,17-18H,11-14H2/t17-,18+/m1/s1. The first-order valence-corrected chi connectivity index (χ1v) is 8.63. The Kier molecular flexibility index (Phi) is 3.72. The third kappa shape index (κ3) is 2.73. The van der Waals surface area contributed by atoms with Crippen LogP contribution in [0.2, 0.25) is 0 Å². The van der Waals surface area contributed by atoms with E-state index in [2.05, 4.69) is 82.2 Å². The smallest absolute Gasteiger partial charge is 0.0828 e. The zero-order chi connectivity index (χ0) is 14.1. The Labute approximate surface area is 130 Å². The molecule has 2 aliphatic heterocycles. The minimum atomic E-state index is 0.539. The second kappa shape index (κ2) is 5.84. The first-order valence-electron chi connectivity index (χ1n) is 7.59. The van der Waals surface area contributed by atoms with Crippen LogP contribution >= 0.6 is 11.8 Å². The summed E-state index contributed by atoms with van der Waals surface area (Å²) in [6, 6.07) is 22.5. The molecule has 2 aliphatic rings. The van der Waals surface area contributed by atoms with Gasteiger partial charge in [-0.3, -0.25) is 9.80 Å². The highest BCUT2D eigenvalue weighted by atomic mass is 32.2. The fourth-order valence-corrected chi connectivity index (χ4v) is 4.86. The van der Waals surface area contributed by atoms with Crippen molar-refractivity contribution >= 4 is 11.8 Å². The van der Waals surface area contributed by atoms with Crippen molar-refractivity contribution < 1.29 is 0 Å². The summed E-state index contributed by atoms with van der Waals surface area (Å²) in [7, 11) is 0. The fraction of sp³-hybridized carbons (Fsp3) is 0.333. The summed E-state index contributed by atoms with van der Waals surface area (Å²) in [4.78, 5) is 5.25. The molecule has 0 aliphatic carbocycles. The number of nitrogens with zero attached hydrogens (tertiary/aromatic N) is 2. The van der Waals surface area contributed by atoms with Crippen molar-refractivity contribution in [1.82, 2.24) is 9.80 Å². The average molecular weight is 296 g/mol. The Bertz CT molecular complexity index is 587. The molecule has 0 spiro atoms. The lowest BCUT2D eigenvalue weighted by Crippen LogP contribution is -2.28. The van der Waals surface area contributed by atoms with Crippen LogP contribution < -0.4 is 0 Å². The van der Waals surface area contributed by atoms with Crippen LogP contribution in [0.25, 0.3) is 0 Å². The molecule has 21 heavy (non-hydrogen) atoms. The Morgan fingerprint density at radius 1 is 0.952 bits per heavy atom. The van der Waals surface area contributed by atoms with Crippen molar-refractivity contribution in [1.29, 1.82) is 0 Å². The quantitative estimate of drug-likeness (QED) is 0.855. The Morgan fingerprint density at radius 3 is 2.43 bits per heavy atom. The predicted octanol–water partition coefficient (Wildman–Crippen LogP) is 3.58. The van der Waals surface area contributed by atoms with Gasteiger partial charge in [0.05, 0.1) is 12.0 Å². The van der Waals surface area contributed by atoms with E-state index in [1.807, 2.05) is 0 Å². The number of thioether (sulfide) groups is 1. The summed E-state index contributed by atoms with van der Waals surface area (Å²) in [5, 5.41) is 0.539. The first kappa shape index (κ1) is 13.4. The topological polar surface area (TPSA) is 6.48 Å². The number of benzene rings is 2. The molecule has 0 saturated carbocycles. The lowest BCUT2D eigenvalue weighted by atomic mass is 10.2. The van der Waals surface area contributed by atoms with Gasteiger partial charge >= 0.3 is 0 Å². The van der Waals surface area contributed by atoms with E-state index in [4.69, 9.17) is 0 Å². The summed E-state index contributed by atoms with van der Waals surface area (Å²) in [6.07, 6.45) is 0. The van der Waals surface area contributed by atoms with Gasteiger partial charge in [-0.15, -0.1) is 11.8 Å². The molecule has 0 N–H and O–H groups in total. The van der Waals surface area contributed by atoms with Crippen LogP contribution in [-0.4, -0.2) is 34.8 Å². The lowest BCUT2D eigenvalue weighted by Gasteiger charge is -2.23. The van der Waals surface area contributed by atoms with E-state index in [0.717, 1.165) is 13.2 Å². The van der Waals surface area contributed by atoms with Gasteiger partial charge in [0.2, 0.25) is 0 Å². The highest BCUT2D eigenvalue weighted by molar-refractivity contribution is 7.99. The number of hydrogen-bond donors (Lipinski definition) is 0. The number of hydrogen-bond acceptors (Lipinski definition) is 3. The lowest BCUT2D eigenvalue weighted by molar-refractivity contribution is 0.221. The number of rotatable bonds is 3. The molecule has 4 rings (SSSR count). The molecule has 0 unspecified atom stereocenters. The van der Waals surface area contributed by atoms with Crippen LogP contribution in [0.4, 0.5) is 0 Å². The Morgan fingerprint density at radius 2 is 1.67 bits per heavy atom. The van der Waals surface area contributed by atoms with E-state index < -0.39 is 0 Å². The van der Waals surface area contributed by atoms with E-state index >= 15 is 0 Å². The molecule has 2 aromatic carbocycles. The summed E-state index contributed by atoms with van der Waals surface area (Å²) in [5.41, 5.74) is 2.87. The van der Waals surface area contributed by atoms with E-state index in [-0.39, 0.29) is 0 Å². The molecule has 2 heterocycles. The molecule has 0 aromatic heterocycles. The summed E-state index contributed by atoms with van der Waals surface area (Å²) < 4.78 is 0. The average Bonchev–Trinajstić information content (AvgIpc) is 3.09. The van der Waals surface area contributed by atoms with Gasteiger partial charge in [0.1, 0.15) is 0 Å². The van der Waals surface area contributed by atoms with Gasteiger partial charge in [-0.25, -0.2) is 0 Å². The van der Waals surface area contributed by atoms with Crippen molar-refractivity contribution in [2.24, 2.45) is 0 Å². The highest BCUT2D eigenvalue weighted by Gasteiger charge is 2.41. The van der Waals surface area contributed by atoms with E-state index in [9.17, 15) is 0 Å². The number of fused-ring (bicyclic) bond motifs is 1. The largest absolute Gasteiger partial charge is 0.285 e. The minimum absolute atomic E-state index is 0.539. The third-order valence-electron chi connectivity index (χ3n) is 4.38. The molecule has 2 fully saturated rings. The van der Waals surface area contributed by atoms with Crippen molar-refractivity contribution in [2.45, 2.75) is 18.0 Å². The van der Waals surface area contributed by atoms with Crippen LogP contribution in [0.1, 0.15) is 16.5 Å². The van der Waals surface area contributed by atoms with Crippen LogP contribution in [-0.2, 0) is 6.54 Å². The SMILES string of the molecule is c1ccc(CN2C[C@@H]3CS[C@@H](c4ccccc4)N3C2)cc1. The zero-order valence-electron chi connectivity index (χ0n) is 12.1. The van der Waals surface area contributed by atoms with Crippen molar-refractivity contribution in [3.63, 3.8) is 0 Å². The van der Waals surface area contributed by atoms with Crippen LogP contribution in [0, 0.1) is 0 Å². The zero-order valence-corrected chi connectivity index (χ0v) is 12.9. The molecule has 2 aromatic rings. The second-order valence-electron chi connectivity index (χ2n) is 5.90. The molecule has 0 amide bonds. The van der Waals surface area contributed by atoms with E-state index in [0.29, 0.717) is 11.4 Å². The molecule has 2 nitrogen and oxygen atoms in total. The van der Waals surface area contributed by atoms with Gasteiger partial charge in [0, 0.05) is 24.9 Å². The van der Waals surface area contributed by atoms with Crippen LogP contribution in [0.15, 0.2) is 60.7 Å². The van der Waals surface area contributed by atoms with Crippen molar-refractivity contribution in [3.8, 4) is 0 Å². The normalized spacial score (nSPS) is 26.1. The van der Waals surface area contributed by atoms with Crippen molar-refractivity contribution in [2.75, 3.05) is 19.0 Å². The van der Waals surface area contributed by atoms with Gasteiger partial charge in [-0.1, -0.05) is 60.7 Å². The molecule has 2 saturated heterocycles. The maximum Gasteiger partial charge on any atom is 0.0828 e. The fourth-order valence-electron chi connectivity index (χ4n) is 3.38. The molecular weight excluding hydrogens is 276 g/mol. The summed E-state index contributed by atoms with van der Waals surface area (Å²) >= 11 is 2.10. The summed E-state index contributed by atoms with van der Waals surface area (Å²) in [5.74, 6) is 1.25. The molecule has 0 radical (unpaired) electrons.